The number of amides is 1. The number of rotatable bonds is 4. The Morgan fingerprint density at radius 3 is 2.53 bits per heavy atom. The van der Waals surface area contributed by atoms with Gasteiger partial charge in [0.2, 0.25) is 5.91 Å². The van der Waals surface area contributed by atoms with Crippen LogP contribution in [0.1, 0.15) is 36.8 Å². The van der Waals surface area contributed by atoms with Crippen LogP contribution in [-0.2, 0) is 11.3 Å². The highest BCUT2D eigenvalue weighted by Crippen LogP contribution is 2.31. The zero-order valence-electron chi connectivity index (χ0n) is 10.3. The van der Waals surface area contributed by atoms with Crippen LogP contribution in [-0.4, -0.2) is 11.4 Å². The minimum atomic E-state index is -0.225. The first-order chi connectivity index (χ1) is 8.07. The number of aryl methyl sites for hydroxylation is 1. The maximum atomic E-state index is 11.7. The van der Waals surface area contributed by atoms with Gasteiger partial charge in [0.15, 0.2) is 0 Å². The third kappa shape index (κ3) is 3.30. The molecule has 2 rings (SSSR count). The number of carbonyl (C=O) groups is 1. The molecule has 92 valence electrons. The fourth-order valence-electron chi connectivity index (χ4n) is 2.10. The molecule has 0 saturated heterocycles. The molecule has 1 aliphatic carbocycles. The van der Waals surface area contributed by atoms with Crippen molar-refractivity contribution >= 4 is 5.91 Å². The first-order valence-corrected chi connectivity index (χ1v) is 6.19. The van der Waals surface area contributed by atoms with E-state index in [9.17, 15) is 4.79 Å². The summed E-state index contributed by atoms with van der Waals surface area (Å²) in [5.41, 5.74) is 8.17. The van der Waals surface area contributed by atoms with Gasteiger partial charge in [-0.3, -0.25) is 4.79 Å². The molecule has 0 spiro atoms. The van der Waals surface area contributed by atoms with Crippen LogP contribution in [0.15, 0.2) is 24.3 Å². The number of nitrogens with two attached hydrogens (primary N) is 1. The summed E-state index contributed by atoms with van der Waals surface area (Å²) in [6.07, 6.45) is 3.57. The van der Waals surface area contributed by atoms with E-state index in [1.807, 2.05) is 12.1 Å². The number of carbonyl (C=O) groups excluding carboxylic acids is 1. The summed E-state index contributed by atoms with van der Waals surface area (Å²) < 4.78 is 0. The Balaban J connectivity index is 1.78. The van der Waals surface area contributed by atoms with Crippen LogP contribution in [0.25, 0.3) is 0 Å². The number of benzene rings is 1. The molecule has 0 aliphatic heterocycles. The van der Waals surface area contributed by atoms with E-state index < -0.39 is 0 Å². The lowest BCUT2D eigenvalue weighted by molar-refractivity contribution is -0.123. The Morgan fingerprint density at radius 2 is 2.00 bits per heavy atom. The first kappa shape index (κ1) is 12.1. The quantitative estimate of drug-likeness (QED) is 0.832. The highest BCUT2D eigenvalue weighted by molar-refractivity contribution is 5.77. The van der Waals surface area contributed by atoms with E-state index in [0.29, 0.717) is 13.0 Å². The predicted molar refractivity (Wildman–Crippen MR) is 68.4 cm³/mol. The lowest BCUT2D eigenvalue weighted by Gasteiger charge is -2.37. The van der Waals surface area contributed by atoms with Crippen LogP contribution in [0.2, 0.25) is 0 Å². The van der Waals surface area contributed by atoms with E-state index >= 15 is 0 Å². The molecule has 0 aromatic heterocycles. The van der Waals surface area contributed by atoms with Crippen LogP contribution >= 0.6 is 0 Å². The predicted octanol–water partition coefficient (Wildman–Crippen LogP) is 1.88. The van der Waals surface area contributed by atoms with Gasteiger partial charge >= 0.3 is 0 Å². The van der Waals surface area contributed by atoms with E-state index in [2.05, 4.69) is 24.4 Å². The highest BCUT2D eigenvalue weighted by Gasteiger charge is 2.34. The Kier molecular flexibility index (Phi) is 3.48. The van der Waals surface area contributed by atoms with Gasteiger partial charge in [0, 0.05) is 18.5 Å². The minimum absolute atomic E-state index is 0.0628. The van der Waals surface area contributed by atoms with Gasteiger partial charge in [0.05, 0.1) is 0 Å². The molecule has 0 atom stereocenters. The van der Waals surface area contributed by atoms with Crippen molar-refractivity contribution in [3.8, 4) is 0 Å². The highest BCUT2D eigenvalue weighted by atomic mass is 16.1. The van der Waals surface area contributed by atoms with Crippen LogP contribution in [0.5, 0.6) is 0 Å². The van der Waals surface area contributed by atoms with E-state index in [4.69, 9.17) is 5.73 Å². The normalized spacial score (nSPS) is 17.3. The van der Waals surface area contributed by atoms with E-state index in [1.165, 1.54) is 5.56 Å². The molecular weight excluding hydrogens is 212 g/mol. The molecule has 1 aliphatic rings. The molecule has 1 amide bonds. The van der Waals surface area contributed by atoms with Crippen molar-refractivity contribution in [1.82, 2.24) is 5.32 Å². The second-order valence-corrected chi connectivity index (χ2v) is 5.16. The van der Waals surface area contributed by atoms with Gasteiger partial charge in [-0.15, -0.1) is 0 Å². The molecule has 0 radical (unpaired) electrons. The molecule has 17 heavy (non-hydrogen) atoms. The maximum Gasteiger partial charge on any atom is 0.222 e. The van der Waals surface area contributed by atoms with Gasteiger partial charge in [-0.1, -0.05) is 29.8 Å². The fraction of sp³-hybridized carbons (Fsp3) is 0.500. The minimum Gasteiger partial charge on any atom is -0.352 e. The van der Waals surface area contributed by atoms with Crippen molar-refractivity contribution in [1.29, 1.82) is 0 Å². The average molecular weight is 232 g/mol. The first-order valence-electron chi connectivity index (χ1n) is 6.19. The largest absolute Gasteiger partial charge is 0.352 e. The Labute approximate surface area is 102 Å². The lowest BCUT2D eigenvalue weighted by Crippen LogP contribution is -2.49. The molecule has 0 unspecified atom stereocenters. The summed E-state index contributed by atoms with van der Waals surface area (Å²) >= 11 is 0. The second-order valence-electron chi connectivity index (χ2n) is 5.16. The second kappa shape index (κ2) is 4.88. The molecule has 3 N–H and O–H groups in total. The molecule has 3 nitrogen and oxygen atoms in total. The lowest BCUT2D eigenvalue weighted by atomic mass is 9.75. The van der Waals surface area contributed by atoms with Crippen LogP contribution in [0.3, 0.4) is 0 Å². The molecule has 0 heterocycles. The van der Waals surface area contributed by atoms with Gasteiger partial charge in [0.25, 0.3) is 0 Å². The van der Waals surface area contributed by atoms with Crippen molar-refractivity contribution in [3.63, 3.8) is 0 Å². The van der Waals surface area contributed by atoms with E-state index in [-0.39, 0.29) is 11.4 Å². The standard InChI is InChI=1S/C14H20N2O/c1-11-3-5-12(6-4-11)10-16-13(17)9-14(15)7-2-8-14/h3-6H,2,7-10,15H2,1H3,(H,16,17). The van der Waals surface area contributed by atoms with Gasteiger partial charge in [-0.2, -0.15) is 0 Å². The summed E-state index contributed by atoms with van der Waals surface area (Å²) in [6, 6.07) is 8.18. The van der Waals surface area contributed by atoms with Gasteiger partial charge < -0.3 is 11.1 Å². The summed E-state index contributed by atoms with van der Waals surface area (Å²) in [5.74, 6) is 0.0628. The Bertz CT molecular complexity index is 393. The monoisotopic (exact) mass is 232 g/mol. The van der Waals surface area contributed by atoms with Gasteiger partial charge in [0.1, 0.15) is 0 Å². The number of nitrogens with one attached hydrogen (secondary N) is 1. The maximum absolute atomic E-state index is 11.7. The zero-order chi connectivity index (χ0) is 12.3. The third-order valence-electron chi connectivity index (χ3n) is 3.47. The fourth-order valence-corrected chi connectivity index (χ4v) is 2.10. The van der Waals surface area contributed by atoms with E-state index in [0.717, 1.165) is 24.8 Å². The van der Waals surface area contributed by atoms with E-state index in [1.54, 1.807) is 0 Å². The molecule has 0 bridgehead atoms. The van der Waals surface area contributed by atoms with Crippen molar-refractivity contribution in [3.05, 3.63) is 35.4 Å². The SMILES string of the molecule is Cc1ccc(CNC(=O)CC2(N)CCC2)cc1. The van der Waals surface area contributed by atoms with Crippen molar-refractivity contribution in [2.45, 2.75) is 44.7 Å². The smallest absolute Gasteiger partial charge is 0.222 e. The average Bonchev–Trinajstić information content (AvgIpc) is 2.26. The molecule has 3 heteroatoms. The summed E-state index contributed by atoms with van der Waals surface area (Å²) in [5, 5.41) is 2.92. The Morgan fingerprint density at radius 1 is 1.35 bits per heavy atom. The van der Waals surface area contributed by atoms with Crippen LogP contribution in [0, 0.1) is 6.92 Å². The van der Waals surface area contributed by atoms with Crippen molar-refractivity contribution < 1.29 is 4.79 Å². The van der Waals surface area contributed by atoms with Crippen LogP contribution < -0.4 is 11.1 Å². The zero-order valence-corrected chi connectivity index (χ0v) is 10.3. The van der Waals surface area contributed by atoms with Gasteiger partial charge in [-0.25, -0.2) is 0 Å². The molecule has 1 aromatic rings. The molecule has 1 aromatic carbocycles. The third-order valence-corrected chi connectivity index (χ3v) is 3.47. The number of hydrogen-bond acceptors (Lipinski definition) is 2. The summed E-state index contributed by atoms with van der Waals surface area (Å²) in [4.78, 5) is 11.7. The van der Waals surface area contributed by atoms with Crippen LogP contribution in [0.4, 0.5) is 0 Å². The number of hydrogen-bond donors (Lipinski definition) is 2. The molecule has 1 saturated carbocycles. The molecular formula is C14H20N2O. The summed E-state index contributed by atoms with van der Waals surface area (Å²) in [6.45, 7) is 2.65. The summed E-state index contributed by atoms with van der Waals surface area (Å²) in [7, 11) is 0. The van der Waals surface area contributed by atoms with Crippen molar-refractivity contribution in [2.75, 3.05) is 0 Å². The Hall–Kier alpha value is -1.35. The van der Waals surface area contributed by atoms with Crippen molar-refractivity contribution in [2.24, 2.45) is 5.73 Å². The van der Waals surface area contributed by atoms with Gasteiger partial charge in [-0.05, 0) is 31.7 Å². The topological polar surface area (TPSA) is 55.1 Å². The molecule has 1 fully saturated rings.